The zero-order chi connectivity index (χ0) is 21.5. The molecule has 2 aromatic heterocycles. The van der Waals surface area contributed by atoms with E-state index in [4.69, 9.17) is 0 Å². The highest BCUT2D eigenvalue weighted by Gasteiger charge is 2.24. The molecule has 0 unspecified atom stereocenters. The second-order valence-corrected chi connectivity index (χ2v) is 9.45. The van der Waals surface area contributed by atoms with Crippen LogP contribution in [-0.2, 0) is 16.4 Å². The van der Waals surface area contributed by atoms with Gasteiger partial charge in [-0.05, 0) is 51.8 Å². The van der Waals surface area contributed by atoms with Gasteiger partial charge in [0.25, 0.3) is 15.6 Å². The molecular formula is C20H26N4O4S. The van der Waals surface area contributed by atoms with Gasteiger partial charge in [-0.15, -0.1) is 5.10 Å². The van der Waals surface area contributed by atoms with Crippen LogP contribution < -0.4 is 11.2 Å². The molecule has 0 aliphatic carbocycles. The van der Waals surface area contributed by atoms with Gasteiger partial charge in [0.05, 0.1) is 11.1 Å². The SMILES string of the molecule is CCCc1ccc(S(=O)(=O)n2cc3c(=O)n(C(C)C)c(=O)n(C(C)C)c3n2)cc1. The summed E-state index contributed by atoms with van der Waals surface area (Å²) in [4.78, 5) is 25.8. The van der Waals surface area contributed by atoms with Crippen LogP contribution >= 0.6 is 0 Å². The topological polar surface area (TPSA) is 96.0 Å². The first kappa shape index (κ1) is 21.0. The van der Waals surface area contributed by atoms with Crippen molar-refractivity contribution in [2.45, 2.75) is 64.4 Å². The van der Waals surface area contributed by atoms with Crippen molar-refractivity contribution < 1.29 is 8.42 Å². The van der Waals surface area contributed by atoms with Crippen molar-refractivity contribution in [2.75, 3.05) is 0 Å². The number of hydrogen-bond donors (Lipinski definition) is 0. The van der Waals surface area contributed by atoms with Crippen LogP contribution in [-0.4, -0.2) is 26.7 Å². The van der Waals surface area contributed by atoms with Gasteiger partial charge < -0.3 is 0 Å². The lowest BCUT2D eigenvalue weighted by atomic mass is 10.1. The van der Waals surface area contributed by atoms with Crippen molar-refractivity contribution in [3.8, 4) is 0 Å². The van der Waals surface area contributed by atoms with Gasteiger partial charge >= 0.3 is 5.69 Å². The van der Waals surface area contributed by atoms with Gasteiger partial charge in [-0.1, -0.05) is 25.5 Å². The lowest BCUT2D eigenvalue weighted by Gasteiger charge is -2.15. The maximum Gasteiger partial charge on any atom is 0.333 e. The Morgan fingerprint density at radius 1 is 0.966 bits per heavy atom. The second kappa shape index (κ2) is 7.62. The molecular weight excluding hydrogens is 392 g/mol. The van der Waals surface area contributed by atoms with E-state index >= 15 is 0 Å². The standard InChI is InChI=1S/C20H26N4O4S/c1-6-7-15-8-10-16(11-9-15)29(27,28)22-12-17-18(21-22)23(13(2)3)20(26)24(14(4)5)19(17)25/h8-14H,6-7H2,1-5H3. The molecule has 0 aliphatic rings. The number of rotatable bonds is 6. The zero-order valence-corrected chi connectivity index (χ0v) is 18.1. The van der Waals surface area contributed by atoms with Gasteiger partial charge in [-0.25, -0.2) is 4.79 Å². The molecule has 29 heavy (non-hydrogen) atoms. The third-order valence-electron chi connectivity index (χ3n) is 4.80. The Balaban J connectivity index is 2.26. The molecule has 2 heterocycles. The first-order chi connectivity index (χ1) is 13.6. The van der Waals surface area contributed by atoms with Crippen molar-refractivity contribution >= 4 is 21.1 Å². The quantitative estimate of drug-likeness (QED) is 0.613. The second-order valence-electron chi connectivity index (χ2n) is 7.65. The van der Waals surface area contributed by atoms with Crippen LogP contribution in [0.3, 0.4) is 0 Å². The van der Waals surface area contributed by atoms with Gasteiger partial charge in [0.15, 0.2) is 5.65 Å². The Morgan fingerprint density at radius 3 is 2.07 bits per heavy atom. The molecule has 9 heteroatoms. The first-order valence-electron chi connectivity index (χ1n) is 9.70. The minimum atomic E-state index is -4.00. The van der Waals surface area contributed by atoms with Crippen LogP contribution in [0.4, 0.5) is 0 Å². The monoisotopic (exact) mass is 418 g/mol. The molecule has 0 atom stereocenters. The number of nitrogens with zero attached hydrogens (tertiary/aromatic N) is 4. The van der Waals surface area contributed by atoms with Crippen molar-refractivity contribution in [3.63, 3.8) is 0 Å². The van der Waals surface area contributed by atoms with E-state index in [0.29, 0.717) is 0 Å². The number of hydrogen-bond acceptors (Lipinski definition) is 5. The summed E-state index contributed by atoms with van der Waals surface area (Å²) in [6, 6.07) is 5.96. The fourth-order valence-corrected chi connectivity index (χ4v) is 4.49. The van der Waals surface area contributed by atoms with E-state index in [0.717, 1.165) is 27.1 Å². The number of aromatic nitrogens is 4. The highest BCUT2D eigenvalue weighted by atomic mass is 32.2. The maximum atomic E-state index is 13.1. The van der Waals surface area contributed by atoms with E-state index in [1.54, 1.807) is 39.8 Å². The first-order valence-corrected chi connectivity index (χ1v) is 11.1. The summed E-state index contributed by atoms with van der Waals surface area (Å²) in [5, 5.41) is 4.24. The number of benzene rings is 1. The third kappa shape index (κ3) is 3.55. The number of fused-ring (bicyclic) bond motifs is 1. The smallest absolute Gasteiger partial charge is 0.273 e. The Hall–Kier alpha value is -2.68. The molecule has 0 aliphatic heterocycles. The number of aryl methyl sites for hydroxylation is 1. The minimum absolute atomic E-state index is 0.0677. The molecule has 0 saturated heterocycles. The van der Waals surface area contributed by atoms with Gasteiger partial charge in [0, 0.05) is 12.1 Å². The summed E-state index contributed by atoms with van der Waals surface area (Å²) in [6.45, 7) is 9.10. The molecule has 0 radical (unpaired) electrons. The molecule has 8 nitrogen and oxygen atoms in total. The fourth-order valence-electron chi connectivity index (χ4n) is 3.37. The lowest BCUT2D eigenvalue weighted by molar-refractivity contribution is 0.486. The Labute approximate surface area is 169 Å². The summed E-state index contributed by atoms with van der Waals surface area (Å²) in [7, 11) is -4.00. The van der Waals surface area contributed by atoms with E-state index in [9.17, 15) is 18.0 Å². The van der Waals surface area contributed by atoms with E-state index in [-0.39, 0.29) is 28.0 Å². The van der Waals surface area contributed by atoms with Crippen LogP contribution in [0.15, 0.2) is 44.9 Å². The molecule has 3 rings (SSSR count). The average Bonchev–Trinajstić information content (AvgIpc) is 3.08. The minimum Gasteiger partial charge on any atom is -0.273 e. The molecule has 0 fully saturated rings. The summed E-state index contributed by atoms with van der Waals surface area (Å²) < 4.78 is 29.4. The zero-order valence-electron chi connectivity index (χ0n) is 17.3. The highest BCUT2D eigenvalue weighted by Crippen LogP contribution is 2.19. The normalized spacial score (nSPS) is 12.4. The predicted octanol–water partition coefficient (Wildman–Crippen LogP) is 2.71. The highest BCUT2D eigenvalue weighted by molar-refractivity contribution is 7.89. The van der Waals surface area contributed by atoms with Crippen LogP contribution in [0.25, 0.3) is 11.0 Å². The molecule has 0 spiro atoms. The Morgan fingerprint density at radius 2 is 1.55 bits per heavy atom. The largest absolute Gasteiger partial charge is 0.333 e. The molecule has 3 aromatic rings. The Bertz CT molecular complexity index is 1260. The van der Waals surface area contributed by atoms with Crippen LogP contribution in [0.5, 0.6) is 0 Å². The van der Waals surface area contributed by atoms with E-state index < -0.39 is 21.3 Å². The van der Waals surface area contributed by atoms with Gasteiger partial charge in [-0.2, -0.15) is 12.5 Å². The van der Waals surface area contributed by atoms with Crippen molar-refractivity contribution in [2.24, 2.45) is 0 Å². The molecule has 156 valence electrons. The van der Waals surface area contributed by atoms with Crippen LogP contribution in [0.2, 0.25) is 0 Å². The Kier molecular flexibility index (Phi) is 5.53. The molecule has 1 aromatic carbocycles. The summed E-state index contributed by atoms with van der Waals surface area (Å²) in [5.74, 6) is 0. The van der Waals surface area contributed by atoms with Gasteiger partial charge in [0.1, 0.15) is 5.39 Å². The van der Waals surface area contributed by atoms with Gasteiger partial charge in [0.2, 0.25) is 0 Å². The van der Waals surface area contributed by atoms with Crippen LogP contribution in [0, 0.1) is 0 Å². The molecule has 0 bridgehead atoms. The average molecular weight is 419 g/mol. The van der Waals surface area contributed by atoms with E-state index in [2.05, 4.69) is 12.0 Å². The van der Waals surface area contributed by atoms with Crippen molar-refractivity contribution in [1.82, 2.24) is 18.3 Å². The fraction of sp³-hybridized carbons (Fsp3) is 0.450. The molecule has 0 N–H and O–H groups in total. The third-order valence-corrected chi connectivity index (χ3v) is 6.35. The van der Waals surface area contributed by atoms with Gasteiger partial charge in [-0.3, -0.25) is 13.9 Å². The predicted molar refractivity (Wildman–Crippen MR) is 112 cm³/mol. The maximum absolute atomic E-state index is 13.1. The molecule has 0 saturated carbocycles. The molecule has 0 amide bonds. The van der Waals surface area contributed by atoms with Crippen LogP contribution in [0.1, 0.15) is 58.7 Å². The van der Waals surface area contributed by atoms with Crippen molar-refractivity contribution in [1.29, 1.82) is 0 Å². The van der Waals surface area contributed by atoms with E-state index in [1.807, 2.05) is 0 Å². The summed E-state index contributed by atoms with van der Waals surface area (Å²) >= 11 is 0. The summed E-state index contributed by atoms with van der Waals surface area (Å²) in [5.41, 5.74) is 0.0688. The van der Waals surface area contributed by atoms with Crippen molar-refractivity contribution in [3.05, 3.63) is 56.9 Å². The summed E-state index contributed by atoms with van der Waals surface area (Å²) in [6.07, 6.45) is 3.02. The lowest BCUT2D eigenvalue weighted by Crippen LogP contribution is -2.41. The van der Waals surface area contributed by atoms with E-state index in [1.165, 1.54) is 22.9 Å².